The molecule has 0 atom stereocenters. The highest BCUT2D eigenvalue weighted by molar-refractivity contribution is 5.92. The minimum absolute atomic E-state index is 0.144. The van der Waals surface area contributed by atoms with Gasteiger partial charge < -0.3 is 10.8 Å². The lowest BCUT2D eigenvalue weighted by atomic mass is 10.1. The Bertz CT molecular complexity index is 646. The van der Waals surface area contributed by atoms with Crippen molar-refractivity contribution >= 4 is 11.7 Å². The van der Waals surface area contributed by atoms with Gasteiger partial charge in [-0.3, -0.25) is 0 Å². The number of rotatable bonds is 3. The van der Waals surface area contributed by atoms with Crippen LogP contribution in [0, 0.1) is 0 Å². The number of aromatic carboxylic acids is 1. The van der Waals surface area contributed by atoms with Crippen LogP contribution in [0.25, 0.3) is 5.69 Å². The first-order valence-corrected chi connectivity index (χ1v) is 6.58. The van der Waals surface area contributed by atoms with Crippen LogP contribution in [-0.2, 0) is 0 Å². The zero-order valence-electron chi connectivity index (χ0n) is 10.9. The molecule has 1 aliphatic carbocycles. The van der Waals surface area contributed by atoms with Gasteiger partial charge in [0, 0.05) is 11.6 Å². The Morgan fingerprint density at radius 1 is 1.35 bits per heavy atom. The number of anilines is 1. The second kappa shape index (κ2) is 4.92. The third-order valence-corrected chi connectivity index (χ3v) is 3.69. The van der Waals surface area contributed by atoms with Crippen molar-refractivity contribution < 1.29 is 9.90 Å². The zero-order chi connectivity index (χ0) is 14.1. The Balaban J connectivity index is 2.11. The van der Waals surface area contributed by atoms with E-state index in [1.165, 1.54) is 10.7 Å². The lowest BCUT2D eigenvalue weighted by Gasteiger charge is -2.12. The summed E-state index contributed by atoms with van der Waals surface area (Å²) in [5, 5.41) is 21.0. The largest absolute Gasteiger partial charge is 0.478 e. The first-order chi connectivity index (χ1) is 9.66. The van der Waals surface area contributed by atoms with Crippen molar-refractivity contribution in [2.24, 2.45) is 0 Å². The van der Waals surface area contributed by atoms with Crippen LogP contribution in [-0.4, -0.2) is 31.3 Å². The van der Waals surface area contributed by atoms with Crippen LogP contribution in [0.2, 0.25) is 0 Å². The molecule has 2 aromatic rings. The zero-order valence-corrected chi connectivity index (χ0v) is 10.9. The van der Waals surface area contributed by atoms with E-state index in [0.717, 1.165) is 31.5 Å². The molecule has 1 aromatic carbocycles. The molecule has 0 radical (unpaired) electrons. The van der Waals surface area contributed by atoms with E-state index in [1.807, 2.05) is 0 Å². The highest BCUT2D eigenvalue weighted by Gasteiger charge is 2.25. The molecule has 1 fully saturated rings. The van der Waals surface area contributed by atoms with E-state index in [2.05, 4.69) is 15.5 Å². The first-order valence-electron chi connectivity index (χ1n) is 6.58. The van der Waals surface area contributed by atoms with Gasteiger partial charge in [0.1, 0.15) is 0 Å². The maximum absolute atomic E-state index is 11.3. The Labute approximate surface area is 115 Å². The number of nitrogens with zero attached hydrogens (tertiary/aromatic N) is 4. The Morgan fingerprint density at radius 3 is 2.80 bits per heavy atom. The number of benzene rings is 1. The lowest BCUT2D eigenvalue weighted by Crippen LogP contribution is -2.12. The molecular formula is C13H15N5O2. The summed E-state index contributed by atoms with van der Waals surface area (Å²) in [6.07, 6.45) is 4.37. The van der Waals surface area contributed by atoms with Crippen LogP contribution < -0.4 is 5.73 Å². The number of carboxylic acids is 1. The Morgan fingerprint density at radius 2 is 2.10 bits per heavy atom. The van der Waals surface area contributed by atoms with Gasteiger partial charge in [0.25, 0.3) is 0 Å². The number of hydrogen-bond acceptors (Lipinski definition) is 5. The minimum atomic E-state index is -1.02. The van der Waals surface area contributed by atoms with Crippen LogP contribution in [0.4, 0.5) is 5.69 Å². The maximum Gasteiger partial charge on any atom is 0.337 e. The monoisotopic (exact) mass is 273 g/mol. The highest BCUT2D eigenvalue weighted by Crippen LogP contribution is 2.33. The predicted molar refractivity (Wildman–Crippen MR) is 71.7 cm³/mol. The van der Waals surface area contributed by atoms with Crippen molar-refractivity contribution in [3.05, 3.63) is 29.6 Å². The lowest BCUT2D eigenvalue weighted by molar-refractivity contribution is 0.0696. The van der Waals surface area contributed by atoms with Crippen molar-refractivity contribution in [3.63, 3.8) is 0 Å². The first kappa shape index (κ1) is 12.6. The fraction of sp³-hybridized carbons (Fsp3) is 0.385. The summed E-state index contributed by atoms with van der Waals surface area (Å²) in [6, 6.07) is 4.64. The van der Waals surface area contributed by atoms with Gasteiger partial charge in [-0.1, -0.05) is 12.8 Å². The van der Waals surface area contributed by atoms with E-state index in [4.69, 9.17) is 5.73 Å². The van der Waals surface area contributed by atoms with Crippen molar-refractivity contribution in [2.75, 3.05) is 5.73 Å². The summed E-state index contributed by atoms with van der Waals surface area (Å²) in [5.74, 6) is -0.0171. The maximum atomic E-state index is 11.3. The number of carboxylic acid groups (broad SMARTS) is 1. The molecule has 0 saturated heterocycles. The summed E-state index contributed by atoms with van der Waals surface area (Å²) in [7, 11) is 0. The van der Waals surface area contributed by atoms with Crippen molar-refractivity contribution in [3.8, 4) is 5.69 Å². The minimum Gasteiger partial charge on any atom is -0.478 e. The van der Waals surface area contributed by atoms with Gasteiger partial charge in [-0.25, -0.2) is 4.79 Å². The van der Waals surface area contributed by atoms with Crippen molar-refractivity contribution in [1.82, 2.24) is 20.2 Å². The van der Waals surface area contributed by atoms with Gasteiger partial charge >= 0.3 is 5.97 Å². The second-order valence-electron chi connectivity index (χ2n) is 5.01. The van der Waals surface area contributed by atoms with E-state index in [0.29, 0.717) is 11.4 Å². The van der Waals surface area contributed by atoms with Gasteiger partial charge in [0.2, 0.25) is 0 Å². The van der Waals surface area contributed by atoms with Crippen molar-refractivity contribution in [2.45, 2.75) is 31.6 Å². The Kier molecular flexibility index (Phi) is 3.09. The molecule has 7 nitrogen and oxygen atoms in total. The number of tetrazole rings is 1. The molecule has 7 heteroatoms. The molecule has 3 N–H and O–H groups in total. The van der Waals surface area contributed by atoms with E-state index in [1.54, 1.807) is 12.1 Å². The molecule has 0 bridgehead atoms. The van der Waals surface area contributed by atoms with Gasteiger partial charge in [0.15, 0.2) is 5.82 Å². The van der Waals surface area contributed by atoms with Gasteiger partial charge in [0.05, 0.1) is 11.3 Å². The molecular weight excluding hydrogens is 258 g/mol. The number of nitrogens with two attached hydrogens (primary N) is 1. The van der Waals surface area contributed by atoms with Crippen molar-refractivity contribution in [1.29, 1.82) is 0 Å². The standard InChI is InChI=1S/C13H15N5O2/c14-9-5-6-10(13(19)20)11(7-9)18-12(15-16-17-18)8-3-1-2-4-8/h5-8H,1-4,14H2,(H,19,20). The number of hydrogen-bond donors (Lipinski definition) is 2. The van der Waals surface area contributed by atoms with Gasteiger partial charge in [-0.15, -0.1) is 5.10 Å². The summed E-state index contributed by atoms with van der Waals surface area (Å²) < 4.78 is 1.51. The van der Waals surface area contributed by atoms with Crippen LogP contribution in [0.1, 0.15) is 47.8 Å². The molecule has 0 spiro atoms. The van der Waals surface area contributed by atoms with E-state index >= 15 is 0 Å². The molecule has 20 heavy (non-hydrogen) atoms. The predicted octanol–water partition coefficient (Wildman–Crippen LogP) is 1.60. The molecule has 0 amide bonds. The van der Waals surface area contributed by atoms with Crippen LogP contribution in [0.5, 0.6) is 0 Å². The second-order valence-corrected chi connectivity index (χ2v) is 5.01. The molecule has 1 aliphatic rings. The van der Waals surface area contributed by atoms with Crippen LogP contribution in [0.3, 0.4) is 0 Å². The fourth-order valence-corrected chi connectivity index (χ4v) is 2.71. The molecule has 1 saturated carbocycles. The summed E-state index contributed by atoms with van der Waals surface area (Å²) in [5.41, 5.74) is 6.81. The van der Waals surface area contributed by atoms with E-state index in [-0.39, 0.29) is 11.5 Å². The van der Waals surface area contributed by atoms with E-state index < -0.39 is 5.97 Å². The van der Waals surface area contributed by atoms with Crippen LogP contribution in [0.15, 0.2) is 18.2 Å². The summed E-state index contributed by atoms with van der Waals surface area (Å²) >= 11 is 0. The summed E-state index contributed by atoms with van der Waals surface area (Å²) in [6.45, 7) is 0. The Hall–Kier alpha value is -2.44. The van der Waals surface area contributed by atoms with Gasteiger partial charge in [-0.2, -0.15) is 4.68 Å². The van der Waals surface area contributed by atoms with E-state index in [9.17, 15) is 9.90 Å². The number of nitrogen functional groups attached to an aromatic ring is 1. The number of aromatic nitrogens is 4. The van der Waals surface area contributed by atoms with Crippen LogP contribution >= 0.6 is 0 Å². The highest BCUT2D eigenvalue weighted by atomic mass is 16.4. The molecule has 0 unspecified atom stereocenters. The smallest absolute Gasteiger partial charge is 0.337 e. The van der Waals surface area contributed by atoms with Gasteiger partial charge in [-0.05, 0) is 41.5 Å². The SMILES string of the molecule is Nc1ccc(C(=O)O)c(-n2nnnc2C2CCCC2)c1. The normalized spacial score (nSPS) is 15.6. The number of carbonyl (C=O) groups is 1. The summed E-state index contributed by atoms with van der Waals surface area (Å²) in [4.78, 5) is 11.3. The topological polar surface area (TPSA) is 107 Å². The molecule has 3 rings (SSSR count). The average Bonchev–Trinajstić information content (AvgIpc) is 3.09. The average molecular weight is 273 g/mol. The third-order valence-electron chi connectivity index (χ3n) is 3.69. The third kappa shape index (κ3) is 2.11. The quantitative estimate of drug-likeness (QED) is 0.822. The molecule has 104 valence electrons. The fourth-order valence-electron chi connectivity index (χ4n) is 2.71. The molecule has 0 aliphatic heterocycles. The molecule has 1 heterocycles. The molecule has 1 aromatic heterocycles.